The van der Waals surface area contributed by atoms with Crippen LogP contribution in [0, 0.1) is 11.8 Å². The van der Waals surface area contributed by atoms with Gasteiger partial charge in [0.05, 0.1) is 11.9 Å². The Labute approximate surface area is 235 Å². The Morgan fingerprint density at radius 3 is 2.29 bits per heavy atom. The number of benzene rings is 2. The SMILES string of the molecule is C=Cc1ccc(-c2ccc(N3CCC(C4CC4)CC3)cc2)c(-c2cccc(-n3ncc(C(=O)O)c3C(F)(F)F)n2)c1. The Hall–Kier alpha value is -4.40. The van der Waals surface area contributed by atoms with Crippen LogP contribution >= 0.6 is 0 Å². The maximum absolute atomic E-state index is 13.9. The fourth-order valence-corrected chi connectivity index (χ4v) is 5.84. The van der Waals surface area contributed by atoms with E-state index in [-0.39, 0.29) is 5.82 Å². The fraction of sp³-hybridized carbons (Fsp3) is 0.281. The van der Waals surface area contributed by atoms with Gasteiger partial charge in [0.15, 0.2) is 11.5 Å². The molecule has 2 aromatic carbocycles. The molecule has 1 aliphatic carbocycles. The zero-order valence-electron chi connectivity index (χ0n) is 22.3. The Morgan fingerprint density at radius 1 is 0.951 bits per heavy atom. The van der Waals surface area contributed by atoms with Crippen LogP contribution in [0.15, 0.2) is 73.4 Å². The molecule has 6 nitrogen and oxygen atoms in total. The van der Waals surface area contributed by atoms with Crippen molar-refractivity contribution in [2.75, 3.05) is 18.0 Å². The molecule has 9 heteroatoms. The molecule has 4 aromatic rings. The maximum Gasteiger partial charge on any atom is 0.434 e. The van der Waals surface area contributed by atoms with E-state index in [0.29, 0.717) is 22.1 Å². The molecule has 2 aliphatic rings. The highest BCUT2D eigenvalue weighted by atomic mass is 19.4. The van der Waals surface area contributed by atoms with Crippen molar-refractivity contribution >= 4 is 17.7 Å². The molecule has 210 valence electrons. The van der Waals surface area contributed by atoms with Gasteiger partial charge in [-0.3, -0.25) is 0 Å². The van der Waals surface area contributed by atoms with Crippen molar-refractivity contribution < 1.29 is 23.1 Å². The summed E-state index contributed by atoms with van der Waals surface area (Å²) in [6, 6.07) is 18.8. The van der Waals surface area contributed by atoms with Crippen LogP contribution < -0.4 is 4.90 Å². The van der Waals surface area contributed by atoms with Gasteiger partial charge in [-0.2, -0.15) is 18.3 Å². The third kappa shape index (κ3) is 5.36. The summed E-state index contributed by atoms with van der Waals surface area (Å²) in [7, 11) is 0. The van der Waals surface area contributed by atoms with Gasteiger partial charge >= 0.3 is 12.1 Å². The molecule has 3 heterocycles. The van der Waals surface area contributed by atoms with Crippen LogP contribution in [0.4, 0.5) is 18.9 Å². The van der Waals surface area contributed by atoms with E-state index in [4.69, 9.17) is 0 Å². The summed E-state index contributed by atoms with van der Waals surface area (Å²) >= 11 is 0. The van der Waals surface area contributed by atoms with Crippen LogP contribution in [0.1, 0.15) is 47.3 Å². The van der Waals surface area contributed by atoms with Crippen molar-refractivity contribution in [3.8, 4) is 28.2 Å². The summed E-state index contributed by atoms with van der Waals surface area (Å²) in [6.45, 7) is 5.98. The van der Waals surface area contributed by atoms with Gasteiger partial charge < -0.3 is 10.0 Å². The molecule has 2 aromatic heterocycles. The second-order valence-electron chi connectivity index (χ2n) is 10.7. The number of nitrogens with zero attached hydrogens (tertiary/aromatic N) is 4. The minimum Gasteiger partial charge on any atom is -0.478 e. The van der Waals surface area contributed by atoms with Crippen LogP contribution in [0.5, 0.6) is 0 Å². The molecule has 0 bridgehead atoms. The lowest BCUT2D eigenvalue weighted by Crippen LogP contribution is -2.34. The number of piperidine rings is 1. The molecule has 1 N–H and O–H groups in total. The van der Waals surface area contributed by atoms with Crippen molar-refractivity contribution in [3.05, 3.63) is 90.3 Å². The molecule has 0 atom stereocenters. The molecule has 2 fully saturated rings. The van der Waals surface area contributed by atoms with Crippen molar-refractivity contribution in [3.63, 3.8) is 0 Å². The summed E-state index contributed by atoms with van der Waals surface area (Å²) in [5, 5.41) is 13.0. The Morgan fingerprint density at radius 2 is 1.66 bits per heavy atom. The topological polar surface area (TPSA) is 71.2 Å². The number of halogens is 3. The smallest absolute Gasteiger partial charge is 0.434 e. The number of anilines is 1. The molecular weight excluding hydrogens is 529 g/mol. The Balaban J connectivity index is 1.34. The van der Waals surface area contributed by atoms with Crippen LogP contribution in [-0.4, -0.2) is 38.9 Å². The number of carboxylic acids is 1. The molecule has 1 aliphatic heterocycles. The number of carbonyl (C=O) groups is 1. The van der Waals surface area contributed by atoms with E-state index in [2.05, 4.69) is 45.8 Å². The van der Waals surface area contributed by atoms with Gasteiger partial charge in [-0.15, -0.1) is 0 Å². The first-order valence-corrected chi connectivity index (χ1v) is 13.7. The highest BCUT2D eigenvalue weighted by Gasteiger charge is 2.41. The first kappa shape index (κ1) is 26.8. The van der Waals surface area contributed by atoms with Crippen LogP contribution in [0.3, 0.4) is 0 Å². The lowest BCUT2D eigenvalue weighted by Gasteiger charge is -2.33. The molecule has 0 unspecified atom stereocenters. The van der Waals surface area contributed by atoms with E-state index in [9.17, 15) is 23.1 Å². The standard InChI is InChI=1S/C32H29F3N4O2/c1-2-20-6-13-25(23-9-11-24(12-10-23)38-16-14-22(15-17-38)21-7-8-21)26(18-20)28-4-3-5-29(37-28)39-30(32(33,34)35)27(19-36-39)31(40)41/h2-6,9-13,18-19,21-22H,1,7-8,14-17H2,(H,40,41). The number of aromatic nitrogens is 3. The van der Waals surface area contributed by atoms with Crippen LogP contribution in [0.2, 0.25) is 0 Å². The van der Waals surface area contributed by atoms with E-state index in [1.54, 1.807) is 18.2 Å². The van der Waals surface area contributed by atoms with E-state index in [1.165, 1.54) is 37.4 Å². The first-order valence-electron chi connectivity index (χ1n) is 13.7. The van der Waals surface area contributed by atoms with E-state index < -0.39 is 23.4 Å². The number of pyridine rings is 1. The Bertz CT molecular complexity index is 1600. The number of alkyl halides is 3. The Kier molecular flexibility index (Phi) is 6.89. The number of hydrogen-bond acceptors (Lipinski definition) is 4. The van der Waals surface area contributed by atoms with Gasteiger partial charge in [-0.25, -0.2) is 14.5 Å². The van der Waals surface area contributed by atoms with Crippen LogP contribution in [-0.2, 0) is 6.18 Å². The maximum atomic E-state index is 13.9. The first-order chi connectivity index (χ1) is 19.7. The molecule has 0 radical (unpaired) electrons. The highest BCUT2D eigenvalue weighted by Crippen LogP contribution is 2.42. The monoisotopic (exact) mass is 558 g/mol. The normalized spacial score (nSPS) is 16.1. The number of hydrogen-bond donors (Lipinski definition) is 1. The molecule has 0 spiro atoms. The fourth-order valence-electron chi connectivity index (χ4n) is 5.84. The molecule has 1 saturated heterocycles. The highest BCUT2D eigenvalue weighted by molar-refractivity contribution is 5.89. The molecule has 0 amide bonds. The molecule has 6 rings (SSSR count). The predicted octanol–water partition coefficient (Wildman–Crippen LogP) is 7.59. The summed E-state index contributed by atoms with van der Waals surface area (Å²) in [4.78, 5) is 18.4. The van der Waals surface area contributed by atoms with Crippen LogP contribution in [0.25, 0.3) is 34.3 Å². The predicted molar refractivity (Wildman–Crippen MR) is 152 cm³/mol. The minimum absolute atomic E-state index is 0.137. The van der Waals surface area contributed by atoms with Crippen molar-refractivity contribution in [2.45, 2.75) is 31.9 Å². The van der Waals surface area contributed by atoms with E-state index >= 15 is 0 Å². The lowest BCUT2D eigenvalue weighted by atomic mass is 9.91. The van der Waals surface area contributed by atoms with Gasteiger partial charge in [0.1, 0.15) is 5.56 Å². The zero-order valence-corrected chi connectivity index (χ0v) is 22.3. The van der Waals surface area contributed by atoms with Gasteiger partial charge in [-0.1, -0.05) is 43.0 Å². The molecular formula is C32H29F3N4O2. The average molecular weight is 559 g/mol. The van der Waals surface area contributed by atoms with Crippen molar-refractivity contribution in [1.82, 2.24) is 14.8 Å². The van der Waals surface area contributed by atoms with Gasteiger partial charge in [0.25, 0.3) is 0 Å². The van der Waals surface area contributed by atoms with Gasteiger partial charge in [0, 0.05) is 24.3 Å². The average Bonchev–Trinajstić information content (AvgIpc) is 3.73. The third-order valence-electron chi connectivity index (χ3n) is 8.15. The summed E-state index contributed by atoms with van der Waals surface area (Å²) in [6.07, 6.45) is 2.70. The third-order valence-corrected chi connectivity index (χ3v) is 8.15. The number of rotatable bonds is 7. The van der Waals surface area contributed by atoms with E-state index in [0.717, 1.165) is 41.6 Å². The van der Waals surface area contributed by atoms with Crippen molar-refractivity contribution in [2.24, 2.45) is 11.8 Å². The second-order valence-corrected chi connectivity index (χ2v) is 10.7. The quantitative estimate of drug-likeness (QED) is 0.253. The van der Waals surface area contributed by atoms with Crippen molar-refractivity contribution in [1.29, 1.82) is 0 Å². The number of carboxylic acid groups (broad SMARTS) is 1. The summed E-state index contributed by atoms with van der Waals surface area (Å²) < 4.78 is 42.1. The largest absolute Gasteiger partial charge is 0.478 e. The number of aromatic carboxylic acids is 1. The van der Waals surface area contributed by atoms with Gasteiger partial charge in [-0.05, 0) is 84.5 Å². The molecule has 1 saturated carbocycles. The minimum atomic E-state index is -4.94. The van der Waals surface area contributed by atoms with E-state index in [1.807, 2.05) is 18.2 Å². The summed E-state index contributed by atoms with van der Waals surface area (Å²) in [5.41, 5.74) is 2.63. The van der Waals surface area contributed by atoms with Gasteiger partial charge in [0.2, 0.25) is 0 Å². The lowest BCUT2D eigenvalue weighted by molar-refractivity contribution is -0.143. The summed E-state index contributed by atoms with van der Waals surface area (Å²) in [5.74, 6) is -0.0424. The second kappa shape index (κ2) is 10.5. The molecule has 41 heavy (non-hydrogen) atoms. The zero-order chi connectivity index (χ0) is 28.7.